The molecule has 6 nitrogen and oxygen atoms in total. The van der Waals surface area contributed by atoms with Crippen molar-refractivity contribution in [1.29, 1.82) is 0 Å². The van der Waals surface area contributed by atoms with E-state index in [0.717, 1.165) is 24.2 Å². The standard InChI is InChI=1S/C15H20N2O4/c1-20-12-5-3-2-4-11(12)15(6-8-21-9-7-15)10-17-14(19)13(16)18/h2-5H,6-10H2,1H3,(H2,16,18)(H,17,19). The van der Waals surface area contributed by atoms with Gasteiger partial charge in [-0.15, -0.1) is 0 Å². The number of para-hydroxylation sites is 1. The van der Waals surface area contributed by atoms with Crippen molar-refractivity contribution in [3.05, 3.63) is 29.8 Å². The van der Waals surface area contributed by atoms with Crippen molar-refractivity contribution in [3.63, 3.8) is 0 Å². The van der Waals surface area contributed by atoms with E-state index in [2.05, 4.69) is 5.32 Å². The number of nitrogens with two attached hydrogens (primary N) is 1. The van der Waals surface area contributed by atoms with Gasteiger partial charge in [-0.05, 0) is 18.9 Å². The molecule has 3 N–H and O–H groups in total. The number of ether oxygens (including phenoxy) is 2. The predicted molar refractivity (Wildman–Crippen MR) is 76.9 cm³/mol. The highest BCUT2D eigenvalue weighted by molar-refractivity contribution is 6.34. The summed E-state index contributed by atoms with van der Waals surface area (Å²) in [5.74, 6) is -0.972. The number of hydrogen-bond donors (Lipinski definition) is 2. The number of methoxy groups -OCH3 is 1. The maximum Gasteiger partial charge on any atom is 0.309 e. The highest BCUT2D eigenvalue weighted by atomic mass is 16.5. The van der Waals surface area contributed by atoms with E-state index in [0.29, 0.717) is 19.8 Å². The summed E-state index contributed by atoms with van der Waals surface area (Å²) in [5, 5.41) is 2.62. The summed E-state index contributed by atoms with van der Waals surface area (Å²) in [6, 6.07) is 7.71. The smallest absolute Gasteiger partial charge is 0.309 e. The lowest BCUT2D eigenvalue weighted by atomic mass is 9.73. The fourth-order valence-electron chi connectivity index (χ4n) is 2.72. The quantitative estimate of drug-likeness (QED) is 0.783. The molecule has 1 aliphatic heterocycles. The largest absolute Gasteiger partial charge is 0.496 e. The Hall–Kier alpha value is -2.08. The van der Waals surface area contributed by atoms with E-state index in [-0.39, 0.29) is 5.41 Å². The summed E-state index contributed by atoms with van der Waals surface area (Å²) in [5.41, 5.74) is 5.69. The third-order valence-corrected chi connectivity index (χ3v) is 3.94. The molecule has 2 rings (SSSR count). The molecule has 6 heteroatoms. The van der Waals surface area contributed by atoms with Crippen LogP contribution in [0, 0.1) is 0 Å². The van der Waals surface area contributed by atoms with Crippen LogP contribution in [-0.2, 0) is 19.7 Å². The van der Waals surface area contributed by atoms with Gasteiger partial charge in [0.15, 0.2) is 0 Å². The van der Waals surface area contributed by atoms with Gasteiger partial charge in [-0.25, -0.2) is 0 Å². The first-order chi connectivity index (χ1) is 10.1. The maximum atomic E-state index is 11.5. The number of hydrogen-bond acceptors (Lipinski definition) is 4. The summed E-state index contributed by atoms with van der Waals surface area (Å²) < 4.78 is 10.9. The van der Waals surface area contributed by atoms with Gasteiger partial charge >= 0.3 is 11.8 Å². The van der Waals surface area contributed by atoms with Crippen LogP contribution in [0.4, 0.5) is 0 Å². The van der Waals surface area contributed by atoms with E-state index in [4.69, 9.17) is 15.2 Å². The molecule has 0 saturated carbocycles. The van der Waals surface area contributed by atoms with Crippen LogP contribution in [0.2, 0.25) is 0 Å². The normalized spacial score (nSPS) is 17.0. The number of rotatable bonds is 4. The topological polar surface area (TPSA) is 90.6 Å². The molecule has 0 aromatic heterocycles. The minimum Gasteiger partial charge on any atom is -0.496 e. The van der Waals surface area contributed by atoms with Crippen LogP contribution in [0.3, 0.4) is 0 Å². The molecule has 0 bridgehead atoms. The first kappa shape index (κ1) is 15.3. The molecule has 1 aromatic carbocycles. The Labute approximate surface area is 123 Å². The minimum absolute atomic E-state index is 0.310. The van der Waals surface area contributed by atoms with Crippen LogP contribution in [0.5, 0.6) is 5.75 Å². The van der Waals surface area contributed by atoms with Crippen molar-refractivity contribution in [2.75, 3.05) is 26.9 Å². The number of benzene rings is 1. The zero-order chi connectivity index (χ0) is 15.3. The molecule has 1 fully saturated rings. The van der Waals surface area contributed by atoms with E-state index in [9.17, 15) is 9.59 Å². The average molecular weight is 292 g/mol. The van der Waals surface area contributed by atoms with Crippen molar-refractivity contribution in [1.82, 2.24) is 5.32 Å². The Balaban J connectivity index is 2.28. The molecule has 21 heavy (non-hydrogen) atoms. The van der Waals surface area contributed by atoms with Crippen LogP contribution < -0.4 is 15.8 Å². The summed E-state index contributed by atoms with van der Waals surface area (Å²) in [6.45, 7) is 1.54. The molecule has 0 spiro atoms. The van der Waals surface area contributed by atoms with Gasteiger partial charge in [0, 0.05) is 30.7 Å². The van der Waals surface area contributed by atoms with Crippen LogP contribution in [0.15, 0.2) is 24.3 Å². The van der Waals surface area contributed by atoms with Gasteiger partial charge in [0.25, 0.3) is 0 Å². The fourth-order valence-corrected chi connectivity index (χ4v) is 2.72. The second kappa shape index (κ2) is 6.58. The number of carbonyl (C=O) groups is 2. The van der Waals surface area contributed by atoms with E-state index in [1.54, 1.807) is 7.11 Å². The van der Waals surface area contributed by atoms with Gasteiger partial charge in [0.1, 0.15) is 5.75 Å². The van der Waals surface area contributed by atoms with Crippen LogP contribution >= 0.6 is 0 Å². The first-order valence-corrected chi connectivity index (χ1v) is 6.88. The Kier molecular flexibility index (Phi) is 4.80. The molecular formula is C15H20N2O4. The molecule has 114 valence electrons. The molecule has 0 aliphatic carbocycles. The second-order valence-corrected chi connectivity index (χ2v) is 5.14. The lowest BCUT2D eigenvalue weighted by molar-refractivity contribution is -0.137. The minimum atomic E-state index is -0.975. The molecule has 0 unspecified atom stereocenters. The van der Waals surface area contributed by atoms with E-state index >= 15 is 0 Å². The second-order valence-electron chi connectivity index (χ2n) is 5.14. The summed E-state index contributed by atoms with van der Waals surface area (Å²) in [6.07, 6.45) is 1.48. The third-order valence-electron chi connectivity index (χ3n) is 3.94. The molecule has 2 amide bonds. The van der Waals surface area contributed by atoms with Gasteiger partial charge in [-0.3, -0.25) is 9.59 Å². The number of carbonyl (C=O) groups excluding carboxylic acids is 2. The molecule has 1 heterocycles. The van der Waals surface area contributed by atoms with Gasteiger partial charge in [0.05, 0.1) is 7.11 Å². The maximum absolute atomic E-state index is 11.5. The highest BCUT2D eigenvalue weighted by Crippen LogP contribution is 2.39. The Morgan fingerprint density at radius 3 is 2.62 bits per heavy atom. The number of amides is 2. The molecule has 1 aliphatic rings. The summed E-state index contributed by atoms with van der Waals surface area (Å²) in [4.78, 5) is 22.4. The summed E-state index contributed by atoms with van der Waals surface area (Å²) >= 11 is 0. The van der Waals surface area contributed by atoms with Gasteiger partial charge in [-0.2, -0.15) is 0 Å². The Bertz CT molecular complexity index is 524. The lowest BCUT2D eigenvalue weighted by Gasteiger charge is -2.38. The zero-order valence-electron chi connectivity index (χ0n) is 12.1. The molecular weight excluding hydrogens is 272 g/mol. The van der Waals surface area contributed by atoms with Crippen molar-refractivity contribution in [2.24, 2.45) is 5.73 Å². The molecule has 0 atom stereocenters. The molecule has 1 saturated heterocycles. The first-order valence-electron chi connectivity index (χ1n) is 6.88. The van der Waals surface area contributed by atoms with Crippen molar-refractivity contribution >= 4 is 11.8 Å². The third kappa shape index (κ3) is 3.33. The number of primary amides is 1. The lowest BCUT2D eigenvalue weighted by Crippen LogP contribution is -2.47. The molecule has 0 radical (unpaired) electrons. The van der Waals surface area contributed by atoms with Gasteiger partial charge in [0.2, 0.25) is 0 Å². The Morgan fingerprint density at radius 2 is 2.00 bits per heavy atom. The van der Waals surface area contributed by atoms with E-state index in [1.807, 2.05) is 24.3 Å². The van der Waals surface area contributed by atoms with Gasteiger partial charge in [-0.1, -0.05) is 18.2 Å². The van der Waals surface area contributed by atoms with E-state index in [1.165, 1.54) is 0 Å². The predicted octanol–water partition coefficient (Wildman–Crippen LogP) is 0.345. The monoisotopic (exact) mass is 292 g/mol. The fraction of sp³-hybridized carbons (Fsp3) is 0.467. The molecule has 1 aromatic rings. The van der Waals surface area contributed by atoms with Crippen LogP contribution in [0.25, 0.3) is 0 Å². The van der Waals surface area contributed by atoms with Crippen LogP contribution in [-0.4, -0.2) is 38.7 Å². The van der Waals surface area contributed by atoms with Crippen molar-refractivity contribution in [2.45, 2.75) is 18.3 Å². The van der Waals surface area contributed by atoms with E-state index < -0.39 is 11.8 Å². The highest BCUT2D eigenvalue weighted by Gasteiger charge is 2.37. The summed E-state index contributed by atoms with van der Waals surface area (Å²) in [7, 11) is 1.62. The Morgan fingerprint density at radius 1 is 1.33 bits per heavy atom. The van der Waals surface area contributed by atoms with Crippen molar-refractivity contribution in [3.8, 4) is 5.75 Å². The SMILES string of the molecule is COc1ccccc1C1(CNC(=O)C(N)=O)CCOCC1. The van der Waals surface area contributed by atoms with Crippen molar-refractivity contribution < 1.29 is 19.1 Å². The average Bonchev–Trinajstić information content (AvgIpc) is 2.53. The number of nitrogens with one attached hydrogen (secondary N) is 1. The zero-order valence-corrected chi connectivity index (χ0v) is 12.1. The van der Waals surface area contributed by atoms with Gasteiger partial charge < -0.3 is 20.5 Å². The van der Waals surface area contributed by atoms with Crippen LogP contribution in [0.1, 0.15) is 18.4 Å².